The van der Waals surface area contributed by atoms with E-state index in [-0.39, 0.29) is 5.91 Å². The van der Waals surface area contributed by atoms with E-state index in [1.165, 1.54) is 12.8 Å². The van der Waals surface area contributed by atoms with Gasteiger partial charge in [0.2, 0.25) is 17.6 Å². The Balaban J connectivity index is 1.54. The van der Waals surface area contributed by atoms with Gasteiger partial charge in [0, 0.05) is 25.9 Å². The smallest absolute Gasteiger partial charge is 0.227 e. The van der Waals surface area contributed by atoms with Gasteiger partial charge >= 0.3 is 0 Å². The fourth-order valence-electron chi connectivity index (χ4n) is 2.37. The maximum Gasteiger partial charge on any atom is 0.227 e. The molecule has 21 heavy (non-hydrogen) atoms. The highest BCUT2D eigenvalue weighted by molar-refractivity contribution is 7.13. The third-order valence-electron chi connectivity index (χ3n) is 4.07. The van der Waals surface area contributed by atoms with Crippen molar-refractivity contribution in [3.63, 3.8) is 0 Å². The normalized spacial score (nSPS) is 15.9. The predicted octanol–water partition coefficient (Wildman–Crippen LogP) is 2.99. The van der Waals surface area contributed by atoms with E-state index in [1.807, 2.05) is 29.5 Å². The van der Waals surface area contributed by atoms with Gasteiger partial charge in [-0.3, -0.25) is 4.79 Å². The summed E-state index contributed by atoms with van der Waals surface area (Å²) in [4.78, 5) is 19.3. The van der Waals surface area contributed by atoms with Crippen LogP contribution in [0.4, 0.5) is 0 Å². The number of carbonyl (C=O) groups excluding carboxylic acids is 1. The van der Waals surface area contributed by atoms with Gasteiger partial charge in [-0.15, -0.1) is 11.3 Å². The molecule has 5 nitrogen and oxygen atoms in total. The Morgan fingerprint density at radius 1 is 1.57 bits per heavy atom. The molecule has 0 N–H and O–H groups in total. The SMILES string of the molecule is CC(C1CC1)N(C)C(=O)CCc1nc(-c2cccs2)no1. The minimum Gasteiger partial charge on any atom is -0.343 e. The minimum absolute atomic E-state index is 0.144. The molecule has 2 heterocycles. The summed E-state index contributed by atoms with van der Waals surface area (Å²) >= 11 is 1.57. The van der Waals surface area contributed by atoms with E-state index in [1.54, 1.807) is 11.3 Å². The van der Waals surface area contributed by atoms with Gasteiger partial charge in [0.05, 0.1) is 4.88 Å². The standard InChI is InChI=1S/C15H19N3O2S/c1-10(11-5-6-11)18(2)14(19)8-7-13-16-15(17-20-13)12-4-3-9-21-12/h3-4,9-11H,5-8H2,1-2H3. The lowest BCUT2D eigenvalue weighted by atomic mass is 10.1. The van der Waals surface area contributed by atoms with Crippen molar-refractivity contribution in [2.75, 3.05) is 7.05 Å². The average molecular weight is 305 g/mol. The molecule has 1 fully saturated rings. The molecule has 1 atom stereocenters. The van der Waals surface area contributed by atoms with E-state index in [9.17, 15) is 4.79 Å². The molecular formula is C15H19N3O2S. The Bertz CT molecular complexity index is 604. The molecule has 1 aliphatic rings. The van der Waals surface area contributed by atoms with E-state index in [4.69, 9.17) is 4.52 Å². The molecule has 1 unspecified atom stereocenters. The van der Waals surface area contributed by atoms with Crippen molar-refractivity contribution >= 4 is 17.2 Å². The lowest BCUT2D eigenvalue weighted by Gasteiger charge is -2.24. The molecule has 6 heteroatoms. The second-order valence-electron chi connectivity index (χ2n) is 5.57. The van der Waals surface area contributed by atoms with Crippen LogP contribution in [-0.2, 0) is 11.2 Å². The van der Waals surface area contributed by atoms with Crippen LogP contribution in [0.15, 0.2) is 22.0 Å². The van der Waals surface area contributed by atoms with Crippen LogP contribution >= 0.6 is 11.3 Å². The number of aryl methyl sites for hydroxylation is 1. The predicted molar refractivity (Wildman–Crippen MR) is 80.9 cm³/mol. The number of aromatic nitrogens is 2. The number of amides is 1. The van der Waals surface area contributed by atoms with E-state index in [0.29, 0.717) is 36.5 Å². The Labute approximate surface area is 128 Å². The van der Waals surface area contributed by atoms with Gasteiger partial charge < -0.3 is 9.42 Å². The van der Waals surface area contributed by atoms with Gasteiger partial charge in [-0.25, -0.2) is 0 Å². The summed E-state index contributed by atoms with van der Waals surface area (Å²) in [7, 11) is 1.89. The van der Waals surface area contributed by atoms with Gasteiger partial charge in [-0.1, -0.05) is 11.2 Å². The van der Waals surface area contributed by atoms with Crippen molar-refractivity contribution in [3.8, 4) is 10.7 Å². The van der Waals surface area contributed by atoms with Gasteiger partial charge in [-0.2, -0.15) is 4.98 Å². The van der Waals surface area contributed by atoms with Crippen molar-refractivity contribution in [2.24, 2.45) is 5.92 Å². The molecule has 1 saturated carbocycles. The Morgan fingerprint density at radius 2 is 2.38 bits per heavy atom. The van der Waals surface area contributed by atoms with E-state index < -0.39 is 0 Å². The quantitative estimate of drug-likeness (QED) is 0.823. The fourth-order valence-corrected chi connectivity index (χ4v) is 3.02. The highest BCUT2D eigenvalue weighted by Crippen LogP contribution is 2.34. The molecule has 2 aromatic rings. The molecule has 0 saturated heterocycles. The summed E-state index contributed by atoms with van der Waals surface area (Å²) in [5.41, 5.74) is 0. The zero-order valence-electron chi connectivity index (χ0n) is 12.3. The maximum atomic E-state index is 12.2. The third kappa shape index (κ3) is 3.32. The summed E-state index contributed by atoms with van der Waals surface area (Å²) in [6.07, 6.45) is 3.40. The Morgan fingerprint density at radius 3 is 3.05 bits per heavy atom. The zero-order chi connectivity index (χ0) is 14.8. The second-order valence-corrected chi connectivity index (χ2v) is 6.52. The lowest BCUT2D eigenvalue weighted by molar-refractivity contribution is -0.132. The summed E-state index contributed by atoms with van der Waals surface area (Å²) in [6.45, 7) is 2.12. The van der Waals surface area contributed by atoms with Crippen molar-refractivity contribution in [2.45, 2.75) is 38.6 Å². The van der Waals surface area contributed by atoms with Crippen LogP contribution in [0.5, 0.6) is 0 Å². The highest BCUT2D eigenvalue weighted by atomic mass is 32.1. The van der Waals surface area contributed by atoms with Crippen LogP contribution in [0.25, 0.3) is 10.7 Å². The topological polar surface area (TPSA) is 59.2 Å². The molecule has 1 aliphatic carbocycles. The molecule has 112 valence electrons. The number of carbonyl (C=O) groups is 1. The van der Waals surface area contributed by atoms with Crippen molar-refractivity contribution in [1.82, 2.24) is 15.0 Å². The van der Waals surface area contributed by atoms with Crippen molar-refractivity contribution in [1.29, 1.82) is 0 Å². The van der Waals surface area contributed by atoms with Gasteiger partial charge in [0.1, 0.15) is 0 Å². The molecule has 0 bridgehead atoms. The molecule has 0 aliphatic heterocycles. The van der Waals surface area contributed by atoms with Gasteiger partial charge in [0.15, 0.2) is 0 Å². The molecule has 2 aromatic heterocycles. The monoisotopic (exact) mass is 305 g/mol. The summed E-state index contributed by atoms with van der Waals surface area (Å²) < 4.78 is 5.21. The fraction of sp³-hybridized carbons (Fsp3) is 0.533. The number of nitrogens with zero attached hydrogens (tertiary/aromatic N) is 3. The Kier molecular flexibility index (Phi) is 4.05. The highest BCUT2D eigenvalue weighted by Gasteiger charge is 2.32. The van der Waals surface area contributed by atoms with E-state index >= 15 is 0 Å². The first-order valence-electron chi connectivity index (χ1n) is 7.27. The number of rotatable bonds is 6. The molecular weight excluding hydrogens is 286 g/mol. The largest absolute Gasteiger partial charge is 0.343 e. The third-order valence-corrected chi connectivity index (χ3v) is 4.94. The Hall–Kier alpha value is -1.69. The van der Waals surface area contributed by atoms with E-state index in [0.717, 1.165) is 4.88 Å². The van der Waals surface area contributed by atoms with E-state index in [2.05, 4.69) is 17.1 Å². The van der Waals surface area contributed by atoms with Crippen LogP contribution in [-0.4, -0.2) is 34.0 Å². The summed E-state index contributed by atoms with van der Waals surface area (Å²) in [5.74, 6) is 1.96. The van der Waals surface area contributed by atoms with Crippen LogP contribution in [0.2, 0.25) is 0 Å². The molecule has 0 aromatic carbocycles. The lowest BCUT2D eigenvalue weighted by Crippen LogP contribution is -2.36. The molecule has 0 spiro atoms. The first-order chi connectivity index (χ1) is 10.1. The van der Waals surface area contributed by atoms with Crippen LogP contribution in [0, 0.1) is 5.92 Å². The van der Waals surface area contributed by atoms with Crippen LogP contribution < -0.4 is 0 Å². The zero-order valence-corrected chi connectivity index (χ0v) is 13.1. The van der Waals surface area contributed by atoms with Gasteiger partial charge in [0.25, 0.3) is 0 Å². The number of thiophene rings is 1. The van der Waals surface area contributed by atoms with Gasteiger partial charge in [-0.05, 0) is 37.1 Å². The first-order valence-corrected chi connectivity index (χ1v) is 8.15. The minimum atomic E-state index is 0.144. The van der Waals surface area contributed by atoms with Crippen molar-refractivity contribution < 1.29 is 9.32 Å². The van der Waals surface area contributed by atoms with Crippen molar-refractivity contribution in [3.05, 3.63) is 23.4 Å². The second kappa shape index (κ2) is 5.97. The maximum absolute atomic E-state index is 12.2. The number of hydrogen-bond donors (Lipinski definition) is 0. The summed E-state index contributed by atoms with van der Waals surface area (Å²) in [6, 6.07) is 4.24. The first kappa shape index (κ1) is 14.3. The molecule has 1 amide bonds. The molecule has 0 radical (unpaired) electrons. The average Bonchev–Trinajstić information content (AvgIpc) is 3.01. The molecule has 3 rings (SSSR count). The van der Waals surface area contributed by atoms with Crippen LogP contribution in [0.1, 0.15) is 32.1 Å². The van der Waals surface area contributed by atoms with Crippen LogP contribution in [0.3, 0.4) is 0 Å². The number of hydrogen-bond acceptors (Lipinski definition) is 5. The summed E-state index contributed by atoms with van der Waals surface area (Å²) in [5, 5.41) is 5.93.